The molecule has 1 N–H and O–H groups in total. The molecule has 0 aliphatic heterocycles. The summed E-state index contributed by atoms with van der Waals surface area (Å²) in [6.45, 7) is -0.481. The predicted molar refractivity (Wildman–Crippen MR) is 83.9 cm³/mol. The maximum absolute atomic E-state index is 11.9. The molecular weight excluding hydrogens is 316 g/mol. The van der Waals surface area contributed by atoms with E-state index in [0.29, 0.717) is 21.9 Å². The zero-order valence-corrected chi connectivity index (χ0v) is 13.1. The highest BCUT2D eigenvalue weighted by atomic mass is 16.5. The number of esters is 1. The molecule has 0 unspecified atom stereocenters. The molecule has 0 saturated carbocycles. The number of anilines is 1. The van der Waals surface area contributed by atoms with Crippen LogP contribution in [0.15, 0.2) is 42.7 Å². The molecule has 0 spiro atoms. The van der Waals surface area contributed by atoms with E-state index in [9.17, 15) is 14.8 Å². The van der Waals surface area contributed by atoms with Gasteiger partial charge in [-0.1, -0.05) is 0 Å². The third-order valence-corrected chi connectivity index (χ3v) is 3.05. The summed E-state index contributed by atoms with van der Waals surface area (Å²) in [6, 6.07) is 7.52. The number of carbonyl (C=O) groups excluding carboxylic acids is 2. The number of ether oxygens (including phenoxy) is 3. The van der Waals surface area contributed by atoms with Crippen LogP contribution in [0.2, 0.25) is 0 Å². The van der Waals surface area contributed by atoms with Crippen LogP contribution >= 0.6 is 0 Å². The van der Waals surface area contributed by atoms with Gasteiger partial charge in [-0.15, -0.1) is 0 Å². The number of pyridine rings is 1. The fourth-order valence-electron chi connectivity index (χ4n) is 1.86. The lowest BCUT2D eigenvalue weighted by molar-refractivity contribution is -0.605. The van der Waals surface area contributed by atoms with Crippen LogP contribution in [0, 0.1) is 5.21 Å². The van der Waals surface area contributed by atoms with Crippen LogP contribution in [-0.2, 0) is 9.53 Å². The van der Waals surface area contributed by atoms with Gasteiger partial charge in [-0.05, 0) is 12.1 Å². The summed E-state index contributed by atoms with van der Waals surface area (Å²) in [5.74, 6) is -0.259. The lowest BCUT2D eigenvalue weighted by atomic mass is 10.2. The van der Waals surface area contributed by atoms with Crippen LogP contribution in [0.25, 0.3) is 0 Å². The normalized spacial score (nSPS) is 9.92. The molecule has 0 aliphatic rings. The molecule has 126 valence electrons. The highest BCUT2D eigenvalue weighted by molar-refractivity contribution is 5.96. The summed E-state index contributed by atoms with van der Waals surface area (Å²) in [6.07, 6.45) is 2.33. The highest BCUT2D eigenvalue weighted by Crippen LogP contribution is 2.28. The fourth-order valence-corrected chi connectivity index (χ4v) is 1.86. The van der Waals surface area contributed by atoms with Crippen molar-refractivity contribution in [2.75, 3.05) is 26.1 Å². The first-order chi connectivity index (χ1) is 11.5. The number of hydrogen-bond acceptors (Lipinski definition) is 6. The van der Waals surface area contributed by atoms with Crippen molar-refractivity contribution in [1.29, 1.82) is 0 Å². The van der Waals surface area contributed by atoms with Crippen LogP contribution in [0.4, 0.5) is 5.69 Å². The molecule has 8 heteroatoms. The minimum atomic E-state index is -0.705. The molecule has 0 atom stereocenters. The Kier molecular flexibility index (Phi) is 5.56. The van der Waals surface area contributed by atoms with Crippen LogP contribution in [-0.4, -0.2) is 32.7 Å². The number of hydrogen-bond donors (Lipinski definition) is 1. The van der Waals surface area contributed by atoms with Crippen molar-refractivity contribution >= 4 is 17.6 Å². The van der Waals surface area contributed by atoms with E-state index in [0.717, 1.165) is 12.4 Å². The van der Waals surface area contributed by atoms with Crippen molar-refractivity contribution in [2.24, 2.45) is 0 Å². The van der Waals surface area contributed by atoms with E-state index in [4.69, 9.17) is 14.2 Å². The number of rotatable bonds is 6. The van der Waals surface area contributed by atoms with Crippen molar-refractivity contribution in [3.63, 3.8) is 0 Å². The third-order valence-electron chi connectivity index (χ3n) is 3.05. The number of benzene rings is 1. The van der Waals surface area contributed by atoms with Gasteiger partial charge in [0.1, 0.15) is 11.5 Å². The molecule has 24 heavy (non-hydrogen) atoms. The monoisotopic (exact) mass is 332 g/mol. The minimum Gasteiger partial charge on any atom is -0.619 e. The van der Waals surface area contributed by atoms with Gasteiger partial charge in [0.15, 0.2) is 19.0 Å². The Morgan fingerprint density at radius 3 is 2.46 bits per heavy atom. The van der Waals surface area contributed by atoms with E-state index < -0.39 is 18.5 Å². The molecule has 1 aromatic heterocycles. The van der Waals surface area contributed by atoms with Gasteiger partial charge in [0.2, 0.25) is 0 Å². The zero-order chi connectivity index (χ0) is 17.5. The second kappa shape index (κ2) is 7.82. The Labute approximate surface area is 138 Å². The number of nitrogens with one attached hydrogen (secondary N) is 1. The van der Waals surface area contributed by atoms with E-state index in [2.05, 4.69) is 5.32 Å². The Bertz CT molecular complexity index is 730. The molecule has 0 saturated heterocycles. The van der Waals surface area contributed by atoms with Crippen molar-refractivity contribution in [1.82, 2.24) is 0 Å². The molecule has 1 heterocycles. The first-order valence-electron chi connectivity index (χ1n) is 6.91. The maximum atomic E-state index is 11.9. The van der Waals surface area contributed by atoms with Crippen molar-refractivity contribution in [3.8, 4) is 11.5 Å². The van der Waals surface area contributed by atoms with Gasteiger partial charge in [-0.2, -0.15) is 4.73 Å². The van der Waals surface area contributed by atoms with Crippen molar-refractivity contribution in [2.45, 2.75) is 0 Å². The molecular formula is C16H16N2O6. The van der Waals surface area contributed by atoms with E-state index in [1.165, 1.54) is 26.4 Å². The lowest BCUT2D eigenvalue weighted by Crippen LogP contribution is -2.25. The Hall–Kier alpha value is -3.29. The number of carbonyl (C=O) groups is 2. The van der Waals surface area contributed by atoms with Gasteiger partial charge in [-0.25, -0.2) is 4.79 Å². The first kappa shape index (κ1) is 17.1. The zero-order valence-electron chi connectivity index (χ0n) is 13.1. The Morgan fingerprint density at radius 1 is 1.12 bits per heavy atom. The average Bonchev–Trinajstić information content (AvgIpc) is 2.60. The largest absolute Gasteiger partial charge is 0.619 e. The standard InChI is InChI=1S/C16H16N2O6/c1-22-12-3-4-14(23-2)13(9-12)17-15(19)10-24-16(20)11-5-7-18(21)8-6-11/h3-9H,10H2,1-2H3,(H,17,19). The third kappa shape index (κ3) is 4.35. The Balaban J connectivity index is 1.96. The van der Waals surface area contributed by atoms with E-state index in [1.807, 2.05) is 0 Å². The van der Waals surface area contributed by atoms with Crippen LogP contribution in [0.3, 0.4) is 0 Å². The number of amides is 1. The van der Waals surface area contributed by atoms with E-state index in [1.54, 1.807) is 18.2 Å². The van der Waals surface area contributed by atoms with Gasteiger partial charge in [0.05, 0.1) is 25.5 Å². The molecule has 0 bridgehead atoms. The maximum Gasteiger partial charge on any atom is 0.339 e. The van der Waals surface area contributed by atoms with Crippen molar-refractivity contribution < 1.29 is 28.5 Å². The lowest BCUT2D eigenvalue weighted by Gasteiger charge is -2.12. The SMILES string of the molecule is COc1ccc(OC)c(NC(=O)COC(=O)c2cc[n+]([O-])cc2)c1. The Morgan fingerprint density at radius 2 is 1.83 bits per heavy atom. The summed E-state index contributed by atoms with van der Waals surface area (Å²) >= 11 is 0. The second-order valence-corrected chi connectivity index (χ2v) is 4.64. The van der Waals surface area contributed by atoms with Gasteiger partial charge < -0.3 is 24.7 Å². The highest BCUT2D eigenvalue weighted by Gasteiger charge is 2.13. The van der Waals surface area contributed by atoms with Crippen molar-refractivity contribution in [3.05, 3.63) is 53.5 Å². The van der Waals surface area contributed by atoms with Crippen LogP contribution in [0.1, 0.15) is 10.4 Å². The fraction of sp³-hybridized carbons (Fsp3) is 0.188. The van der Waals surface area contributed by atoms with Gasteiger partial charge >= 0.3 is 5.97 Å². The molecule has 2 aromatic rings. The van der Waals surface area contributed by atoms with E-state index in [-0.39, 0.29) is 5.56 Å². The van der Waals surface area contributed by atoms with Gasteiger partial charge in [0.25, 0.3) is 5.91 Å². The van der Waals surface area contributed by atoms with E-state index >= 15 is 0 Å². The molecule has 0 fully saturated rings. The summed E-state index contributed by atoms with van der Waals surface area (Å²) < 4.78 is 15.7. The summed E-state index contributed by atoms with van der Waals surface area (Å²) in [4.78, 5) is 23.7. The number of methoxy groups -OCH3 is 2. The average molecular weight is 332 g/mol. The first-order valence-corrected chi connectivity index (χ1v) is 6.91. The summed E-state index contributed by atoms with van der Waals surface area (Å²) in [7, 11) is 2.97. The molecule has 0 radical (unpaired) electrons. The quantitative estimate of drug-likeness (QED) is 0.483. The van der Waals surface area contributed by atoms with Gasteiger partial charge in [-0.3, -0.25) is 4.79 Å². The number of aromatic nitrogens is 1. The topological polar surface area (TPSA) is 101 Å². The molecule has 0 aliphatic carbocycles. The molecule has 2 rings (SSSR count). The van der Waals surface area contributed by atoms with Crippen LogP contribution < -0.4 is 19.5 Å². The number of nitrogens with zero attached hydrogens (tertiary/aromatic N) is 1. The molecule has 1 aromatic carbocycles. The predicted octanol–water partition coefficient (Wildman–Crippen LogP) is 1.13. The minimum absolute atomic E-state index is 0.175. The van der Waals surface area contributed by atoms with Crippen LogP contribution in [0.5, 0.6) is 11.5 Å². The van der Waals surface area contributed by atoms with Gasteiger partial charge in [0, 0.05) is 18.2 Å². The smallest absolute Gasteiger partial charge is 0.339 e. The molecule has 1 amide bonds. The summed E-state index contributed by atoms with van der Waals surface area (Å²) in [5.41, 5.74) is 0.568. The molecule has 8 nitrogen and oxygen atoms in total. The second-order valence-electron chi connectivity index (χ2n) is 4.64. The summed E-state index contributed by atoms with van der Waals surface area (Å²) in [5, 5.41) is 13.5.